The van der Waals surface area contributed by atoms with Crippen LogP contribution in [0.1, 0.15) is 18.1 Å². The maximum Gasteiger partial charge on any atom is 0.230 e. The van der Waals surface area contributed by atoms with Gasteiger partial charge in [-0.3, -0.25) is 4.79 Å². The van der Waals surface area contributed by atoms with Gasteiger partial charge < -0.3 is 14.6 Å². The number of thioether (sulfide) groups is 1. The van der Waals surface area contributed by atoms with Crippen molar-refractivity contribution in [1.82, 2.24) is 25.1 Å². The summed E-state index contributed by atoms with van der Waals surface area (Å²) in [7, 11) is 3.60. The number of methoxy groups -OCH3 is 1. The molecule has 0 atom stereocenters. The number of ether oxygens (including phenoxy) is 1. The maximum absolute atomic E-state index is 12.2. The molecule has 4 rings (SSSR count). The van der Waals surface area contributed by atoms with E-state index in [1.54, 1.807) is 7.11 Å². The highest BCUT2D eigenvalue weighted by Crippen LogP contribution is 2.27. The number of benzene rings is 2. The molecule has 0 aliphatic heterocycles. The van der Waals surface area contributed by atoms with Gasteiger partial charge in [-0.15, -0.1) is 10.2 Å². The molecule has 2 heterocycles. The molecule has 4 aromatic rings. The largest absolute Gasteiger partial charge is 0.497 e. The summed E-state index contributed by atoms with van der Waals surface area (Å²) >= 11 is 1.28. The van der Waals surface area contributed by atoms with Crippen LogP contribution >= 0.6 is 11.8 Å². The Bertz CT molecular complexity index is 1220. The molecule has 0 radical (unpaired) electrons. The van der Waals surface area contributed by atoms with Gasteiger partial charge in [-0.25, -0.2) is 4.98 Å². The molecule has 1 N–H and O–H groups in total. The number of rotatable bonds is 7. The Morgan fingerprint density at radius 2 is 2.03 bits per heavy atom. The molecule has 8 heteroatoms. The van der Waals surface area contributed by atoms with E-state index in [9.17, 15) is 4.79 Å². The Morgan fingerprint density at radius 1 is 1.17 bits per heavy atom. The summed E-state index contributed by atoms with van der Waals surface area (Å²) in [6.45, 7) is 2.57. The summed E-state index contributed by atoms with van der Waals surface area (Å²) < 4.78 is 7.22. The molecular formula is C22H23N5O2S. The zero-order valence-electron chi connectivity index (χ0n) is 17.2. The summed E-state index contributed by atoms with van der Waals surface area (Å²) in [5, 5.41) is 13.1. The molecule has 0 fully saturated rings. The molecule has 2 aromatic heterocycles. The van der Waals surface area contributed by atoms with Crippen molar-refractivity contribution in [2.24, 2.45) is 7.05 Å². The Morgan fingerprint density at radius 3 is 2.83 bits per heavy atom. The average Bonchev–Trinajstić information content (AvgIpc) is 3.07. The Balaban J connectivity index is 1.44. The van der Waals surface area contributed by atoms with Crippen LogP contribution in [0.5, 0.6) is 5.75 Å². The van der Waals surface area contributed by atoms with E-state index in [1.807, 2.05) is 35.9 Å². The summed E-state index contributed by atoms with van der Waals surface area (Å²) in [5.74, 6) is 0.905. The van der Waals surface area contributed by atoms with Gasteiger partial charge in [0.05, 0.1) is 18.4 Å². The number of carbonyl (C=O) groups excluding carboxylic acids is 1. The number of hydrogen-bond donors (Lipinski definition) is 1. The van der Waals surface area contributed by atoms with Gasteiger partial charge in [-0.2, -0.15) is 0 Å². The van der Waals surface area contributed by atoms with E-state index in [-0.39, 0.29) is 11.7 Å². The average molecular weight is 422 g/mol. The molecule has 2 aromatic carbocycles. The monoisotopic (exact) mass is 421 g/mol. The number of carbonyl (C=O) groups is 1. The second-order valence-corrected chi connectivity index (χ2v) is 7.89. The van der Waals surface area contributed by atoms with Gasteiger partial charge in [-0.1, -0.05) is 36.9 Å². The Hall–Kier alpha value is -3.13. The van der Waals surface area contributed by atoms with Crippen molar-refractivity contribution in [3.05, 3.63) is 53.6 Å². The molecule has 154 valence electrons. The number of nitrogens with one attached hydrogen (secondary N) is 1. The van der Waals surface area contributed by atoms with Crippen LogP contribution in [0.4, 0.5) is 0 Å². The van der Waals surface area contributed by atoms with E-state index in [2.05, 4.69) is 45.6 Å². The zero-order valence-corrected chi connectivity index (χ0v) is 18.0. The predicted octanol–water partition coefficient (Wildman–Crippen LogP) is 3.50. The third kappa shape index (κ3) is 4.09. The summed E-state index contributed by atoms with van der Waals surface area (Å²) in [5.41, 5.74) is 4.86. The number of fused-ring (bicyclic) bond motifs is 3. The van der Waals surface area contributed by atoms with Crippen molar-refractivity contribution < 1.29 is 9.53 Å². The fourth-order valence-electron chi connectivity index (χ4n) is 3.34. The first kappa shape index (κ1) is 20.2. The second-order valence-electron chi connectivity index (χ2n) is 6.95. The van der Waals surface area contributed by atoms with Crippen LogP contribution in [0.2, 0.25) is 0 Å². The number of aromatic nitrogens is 4. The fourth-order valence-corrected chi connectivity index (χ4v) is 3.95. The van der Waals surface area contributed by atoms with Crippen molar-refractivity contribution in [2.75, 3.05) is 12.9 Å². The van der Waals surface area contributed by atoms with Crippen LogP contribution in [0.3, 0.4) is 0 Å². The van der Waals surface area contributed by atoms with E-state index in [4.69, 9.17) is 4.74 Å². The first-order chi connectivity index (χ1) is 14.6. The zero-order chi connectivity index (χ0) is 21.1. The standard InChI is InChI=1S/C22H23N5O2S/c1-4-14-8-9-18-17(11-14)20-21(27(18)2)24-22(26-25-20)30-13-19(28)23-12-15-6-5-7-16(10-15)29-3/h5-11H,4,12-13H2,1-3H3,(H,23,28). The topological polar surface area (TPSA) is 81.9 Å². The third-order valence-electron chi connectivity index (χ3n) is 5.01. The molecule has 7 nitrogen and oxygen atoms in total. The Kier molecular flexibility index (Phi) is 5.85. The van der Waals surface area contributed by atoms with Gasteiger partial charge >= 0.3 is 0 Å². The fraction of sp³-hybridized carbons (Fsp3) is 0.273. The van der Waals surface area contributed by atoms with Gasteiger partial charge in [0.15, 0.2) is 5.65 Å². The minimum atomic E-state index is -0.0869. The molecule has 0 bridgehead atoms. The molecule has 0 unspecified atom stereocenters. The molecule has 0 saturated carbocycles. The van der Waals surface area contributed by atoms with Gasteiger partial charge in [0.25, 0.3) is 0 Å². The summed E-state index contributed by atoms with van der Waals surface area (Å²) in [6.07, 6.45) is 0.964. The first-order valence-corrected chi connectivity index (χ1v) is 10.7. The highest BCUT2D eigenvalue weighted by molar-refractivity contribution is 7.99. The highest BCUT2D eigenvalue weighted by atomic mass is 32.2. The lowest BCUT2D eigenvalue weighted by molar-refractivity contribution is -0.118. The minimum Gasteiger partial charge on any atom is -0.497 e. The number of amides is 1. The molecule has 0 aliphatic rings. The van der Waals surface area contributed by atoms with Crippen molar-refractivity contribution >= 4 is 39.7 Å². The van der Waals surface area contributed by atoms with Gasteiger partial charge in [0, 0.05) is 19.0 Å². The molecule has 0 saturated heterocycles. The lowest BCUT2D eigenvalue weighted by Crippen LogP contribution is -2.24. The van der Waals surface area contributed by atoms with Crippen LogP contribution in [-0.2, 0) is 24.8 Å². The van der Waals surface area contributed by atoms with Gasteiger partial charge in [0.2, 0.25) is 11.1 Å². The van der Waals surface area contributed by atoms with E-state index < -0.39 is 0 Å². The van der Waals surface area contributed by atoms with E-state index in [1.165, 1.54) is 17.3 Å². The molecule has 1 amide bonds. The van der Waals surface area contributed by atoms with Crippen LogP contribution < -0.4 is 10.1 Å². The van der Waals surface area contributed by atoms with E-state index in [0.717, 1.165) is 39.8 Å². The predicted molar refractivity (Wildman–Crippen MR) is 119 cm³/mol. The van der Waals surface area contributed by atoms with Gasteiger partial charge in [-0.05, 0) is 41.8 Å². The second kappa shape index (κ2) is 8.71. The third-order valence-corrected chi connectivity index (χ3v) is 5.85. The summed E-state index contributed by atoms with van der Waals surface area (Å²) in [6, 6.07) is 14.0. The van der Waals surface area contributed by atoms with E-state index >= 15 is 0 Å². The summed E-state index contributed by atoms with van der Waals surface area (Å²) in [4.78, 5) is 16.9. The van der Waals surface area contributed by atoms with Crippen molar-refractivity contribution in [2.45, 2.75) is 25.0 Å². The maximum atomic E-state index is 12.2. The van der Waals surface area contributed by atoms with Crippen molar-refractivity contribution in [3.63, 3.8) is 0 Å². The SMILES string of the molecule is CCc1ccc2c(c1)c1nnc(SCC(=O)NCc3cccc(OC)c3)nc1n2C. The van der Waals surface area contributed by atoms with Crippen molar-refractivity contribution in [3.8, 4) is 5.75 Å². The lowest BCUT2D eigenvalue weighted by atomic mass is 10.1. The molecule has 0 spiro atoms. The molecule has 30 heavy (non-hydrogen) atoms. The van der Waals surface area contributed by atoms with Gasteiger partial charge in [0.1, 0.15) is 11.3 Å². The molecule has 0 aliphatic carbocycles. The number of hydrogen-bond acceptors (Lipinski definition) is 6. The minimum absolute atomic E-state index is 0.0869. The van der Waals surface area contributed by atoms with Crippen LogP contribution in [0, 0.1) is 0 Å². The highest BCUT2D eigenvalue weighted by Gasteiger charge is 2.14. The van der Waals surface area contributed by atoms with Crippen LogP contribution in [-0.4, -0.2) is 38.5 Å². The van der Waals surface area contributed by atoms with Crippen LogP contribution in [0.15, 0.2) is 47.6 Å². The lowest BCUT2D eigenvalue weighted by Gasteiger charge is -2.06. The van der Waals surface area contributed by atoms with Crippen LogP contribution in [0.25, 0.3) is 22.1 Å². The first-order valence-electron chi connectivity index (χ1n) is 9.73. The smallest absolute Gasteiger partial charge is 0.230 e. The number of nitrogens with zero attached hydrogens (tertiary/aromatic N) is 4. The van der Waals surface area contributed by atoms with Crippen molar-refractivity contribution in [1.29, 1.82) is 0 Å². The molecular weight excluding hydrogens is 398 g/mol. The quantitative estimate of drug-likeness (QED) is 0.460. The number of aryl methyl sites for hydroxylation is 2. The normalized spacial score (nSPS) is 11.2. The Labute approximate surface area is 178 Å². The van der Waals surface area contributed by atoms with E-state index in [0.29, 0.717) is 11.7 Å².